The first-order valence-electron chi connectivity index (χ1n) is 4.89. The Hall–Kier alpha value is -1.25. The number of hydrogen-bond acceptors (Lipinski definition) is 3. The summed E-state index contributed by atoms with van der Waals surface area (Å²) in [4.78, 5) is 11.3. The normalized spacial score (nSPS) is 21.9. The van der Waals surface area contributed by atoms with Gasteiger partial charge in [0.2, 0.25) is 0 Å². The number of carbonyl (C=O) groups excluding carboxylic acids is 1. The summed E-state index contributed by atoms with van der Waals surface area (Å²) >= 11 is 0. The summed E-state index contributed by atoms with van der Waals surface area (Å²) in [5.74, 6) is 0.0697. The van der Waals surface area contributed by atoms with Gasteiger partial charge in [-0.15, -0.1) is 6.58 Å². The molecule has 1 atom stereocenters. The molecule has 0 fully saturated rings. The van der Waals surface area contributed by atoms with Gasteiger partial charge in [-0.2, -0.15) is 0 Å². The molecule has 0 aromatic heterocycles. The van der Waals surface area contributed by atoms with Crippen molar-refractivity contribution in [3.05, 3.63) is 24.0 Å². The summed E-state index contributed by atoms with van der Waals surface area (Å²) < 4.78 is 4.84. The van der Waals surface area contributed by atoms with E-state index >= 15 is 0 Å². The number of aliphatic hydroxyl groups excluding tert-OH is 1. The van der Waals surface area contributed by atoms with Crippen molar-refractivity contribution in [2.45, 2.75) is 26.2 Å². The predicted octanol–water partition coefficient (Wildman–Crippen LogP) is 2.35. The van der Waals surface area contributed by atoms with Gasteiger partial charge in [0, 0.05) is 6.42 Å². The second-order valence-electron chi connectivity index (χ2n) is 3.38. The van der Waals surface area contributed by atoms with Gasteiger partial charge >= 0.3 is 5.97 Å². The van der Waals surface area contributed by atoms with Crippen molar-refractivity contribution in [3.8, 4) is 0 Å². The fourth-order valence-electron chi connectivity index (χ4n) is 1.59. The van der Waals surface area contributed by atoms with Crippen LogP contribution in [0, 0.1) is 5.92 Å². The number of ether oxygens (including phenoxy) is 1. The van der Waals surface area contributed by atoms with Crippen molar-refractivity contribution in [1.29, 1.82) is 0 Å². The minimum absolute atomic E-state index is 0.166. The van der Waals surface area contributed by atoms with E-state index in [9.17, 15) is 9.90 Å². The van der Waals surface area contributed by atoms with Gasteiger partial charge < -0.3 is 9.84 Å². The third-order valence-electron chi connectivity index (χ3n) is 2.42. The lowest BCUT2D eigenvalue weighted by Crippen LogP contribution is -2.16. The molecule has 0 aromatic carbocycles. The van der Waals surface area contributed by atoms with Crippen LogP contribution in [0.2, 0.25) is 0 Å². The van der Waals surface area contributed by atoms with Crippen LogP contribution in [-0.2, 0) is 9.53 Å². The van der Waals surface area contributed by atoms with Crippen LogP contribution in [0.15, 0.2) is 24.0 Å². The summed E-state index contributed by atoms with van der Waals surface area (Å²) in [7, 11) is 0. The zero-order valence-corrected chi connectivity index (χ0v) is 8.45. The first kappa shape index (κ1) is 10.8. The maximum Gasteiger partial charge on any atom is 0.337 e. The predicted molar refractivity (Wildman–Crippen MR) is 53.8 cm³/mol. The van der Waals surface area contributed by atoms with E-state index in [0.717, 1.165) is 6.42 Å². The summed E-state index contributed by atoms with van der Waals surface area (Å²) in [6.45, 7) is 5.78. The minimum Gasteiger partial charge on any atom is -0.512 e. The molecular weight excluding hydrogens is 180 g/mol. The van der Waals surface area contributed by atoms with Gasteiger partial charge in [-0.1, -0.05) is 6.08 Å². The molecule has 1 aliphatic carbocycles. The number of allylic oxidation sites excluding steroid dienone is 2. The maximum atomic E-state index is 11.3. The SMILES string of the molecule is C=C[C@@H]1CCC(C(=O)OCC)=C(O)C1. The molecule has 1 rings (SSSR count). The van der Waals surface area contributed by atoms with E-state index in [1.807, 2.05) is 6.08 Å². The second kappa shape index (κ2) is 4.84. The standard InChI is InChI=1S/C11H16O3/c1-3-8-5-6-9(10(12)7-8)11(13)14-4-2/h3,8,12H,1,4-7H2,2H3/t8-/m1/s1. The van der Waals surface area contributed by atoms with E-state index in [2.05, 4.69) is 6.58 Å². The number of hydrogen-bond donors (Lipinski definition) is 1. The van der Waals surface area contributed by atoms with Crippen molar-refractivity contribution in [2.75, 3.05) is 6.61 Å². The van der Waals surface area contributed by atoms with Crippen LogP contribution in [-0.4, -0.2) is 17.7 Å². The Bertz CT molecular complexity index is 266. The van der Waals surface area contributed by atoms with Gasteiger partial charge in [-0.05, 0) is 25.7 Å². The Morgan fingerprint density at radius 3 is 3.00 bits per heavy atom. The average molecular weight is 196 g/mol. The van der Waals surface area contributed by atoms with Crippen molar-refractivity contribution in [1.82, 2.24) is 0 Å². The van der Waals surface area contributed by atoms with Crippen LogP contribution in [0.5, 0.6) is 0 Å². The molecule has 0 aromatic rings. The van der Waals surface area contributed by atoms with E-state index in [0.29, 0.717) is 25.0 Å². The molecule has 0 saturated carbocycles. The molecule has 1 N–H and O–H groups in total. The van der Waals surface area contributed by atoms with Crippen LogP contribution in [0.25, 0.3) is 0 Å². The van der Waals surface area contributed by atoms with Gasteiger partial charge in [0.15, 0.2) is 0 Å². The second-order valence-corrected chi connectivity index (χ2v) is 3.38. The van der Waals surface area contributed by atoms with Gasteiger partial charge in [0.25, 0.3) is 0 Å². The van der Waals surface area contributed by atoms with E-state index in [-0.39, 0.29) is 17.6 Å². The van der Waals surface area contributed by atoms with Gasteiger partial charge in [-0.3, -0.25) is 0 Å². The molecule has 0 radical (unpaired) electrons. The molecule has 1 aliphatic rings. The van der Waals surface area contributed by atoms with Gasteiger partial charge in [-0.25, -0.2) is 4.79 Å². The lowest BCUT2D eigenvalue weighted by atomic mass is 9.88. The summed E-state index contributed by atoms with van der Waals surface area (Å²) in [6, 6.07) is 0. The van der Waals surface area contributed by atoms with E-state index in [4.69, 9.17) is 4.74 Å². The zero-order valence-electron chi connectivity index (χ0n) is 8.45. The number of carbonyl (C=O) groups is 1. The number of aliphatic hydroxyl groups is 1. The molecule has 0 saturated heterocycles. The highest BCUT2D eigenvalue weighted by Gasteiger charge is 2.23. The molecule has 78 valence electrons. The molecular formula is C11H16O3. The third kappa shape index (κ3) is 2.37. The van der Waals surface area contributed by atoms with Crippen LogP contribution in [0.1, 0.15) is 26.2 Å². The molecule has 0 unspecified atom stereocenters. The van der Waals surface area contributed by atoms with Crippen LogP contribution < -0.4 is 0 Å². The highest BCUT2D eigenvalue weighted by atomic mass is 16.5. The van der Waals surface area contributed by atoms with Crippen molar-refractivity contribution in [3.63, 3.8) is 0 Å². The van der Waals surface area contributed by atoms with Crippen molar-refractivity contribution < 1.29 is 14.6 Å². The van der Waals surface area contributed by atoms with Crippen LogP contribution in [0.4, 0.5) is 0 Å². The summed E-state index contributed by atoms with van der Waals surface area (Å²) in [5.41, 5.74) is 0.435. The van der Waals surface area contributed by atoms with Crippen molar-refractivity contribution >= 4 is 5.97 Å². The lowest BCUT2D eigenvalue weighted by molar-refractivity contribution is -0.139. The quantitative estimate of drug-likeness (QED) is 0.556. The molecule has 0 aliphatic heterocycles. The Labute approximate surface area is 84.1 Å². The topological polar surface area (TPSA) is 46.5 Å². The Morgan fingerprint density at radius 2 is 2.50 bits per heavy atom. The fraction of sp³-hybridized carbons (Fsp3) is 0.545. The van der Waals surface area contributed by atoms with E-state index in [1.54, 1.807) is 6.92 Å². The largest absolute Gasteiger partial charge is 0.512 e. The Balaban J connectivity index is 2.69. The molecule has 3 heteroatoms. The average Bonchev–Trinajstić information content (AvgIpc) is 2.17. The monoisotopic (exact) mass is 196 g/mol. The van der Waals surface area contributed by atoms with Crippen LogP contribution in [0.3, 0.4) is 0 Å². The molecule has 0 heterocycles. The highest BCUT2D eigenvalue weighted by Crippen LogP contribution is 2.29. The smallest absolute Gasteiger partial charge is 0.337 e. The third-order valence-corrected chi connectivity index (χ3v) is 2.42. The lowest BCUT2D eigenvalue weighted by Gasteiger charge is -2.20. The first-order chi connectivity index (χ1) is 6.69. The molecule has 3 nitrogen and oxygen atoms in total. The summed E-state index contributed by atoms with van der Waals surface area (Å²) in [6.07, 6.45) is 3.78. The maximum absolute atomic E-state index is 11.3. The van der Waals surface area contributed by atoms with Gasteiger partial charge in [0.05, 0.1) is 12.2 Å². The Morgan fingerprint density at radius 1 is 1.79 bits per heavy atom. The zero-order chi connectivity index (χ0) is 10.6. The highest BCUT2D eigenvalue weighted by molar-refractivity contribution is 5.89. The van der Waals surface area contributed by atoms with Crippen molar-refractivity contribution in [2.24, 2.45) is 5.92 Å². The number of esters is 1. The Kier molecular flexibility index (Phi) is 3.74. The van der Waals surface area contributed by atoms with Crippen LogP contribution >= 0.6 is 0 Å². The first-order valence-corrected chi connectivity index (χ1v) is 4.89. The molecule has 0 amide bonds. The van der Waals surface area contributed by atoms with E-state index < -0.39 is 0 Å². The summed E-state index contributed by atoms with van der Waals surface area (Å²) in [5, 5.41) is 9.60. The molecule has 0 bridgehead atoms. The number of rotatable bonds is 3. The molecule has 0 spiro atoms. The molecule has 14 heavy (non-hydrogen) atoms. The minimum atomic E-state index is -0.382. The van der Waals surface area contributed by atoms with Gasteiger partial charge in [0.1, 0.15) is 5.76 Å². The van der Waals surface area contributed by atoms with E-state index in [1.165, 1.54) is 0 Å². The fourth-order valence-corrected chi connectivity index (χ4v) is 1.59.